The Morgan fingerprint density at radius 3 is 2.90 bits per heavy atom. The van der Waals surface area contributed by atoms with Crippen molar-refractivity contribution >= 4 is 33.0 Å². The van der Waals surface area contributed by atoms with Gasteiger partial charge in [0.1, 0.15) is 10.7 Å². The lowest BCUT2D eigenvalue weighted by atomic mass is 10.1. The van der Waals surface area contributed by atoms with Gasteiger partial charge in [0.15, 0.2) is 0 Å². The molecule has 0 bridgehead atoms. The predicted octanol–water partition coefficient (Wildman–Crippen LogP) is 2.87. The van der Waals surface area contributed by atoms with Gasteiger partial charge in [0.2, 0.25) is 0 Å². The summed E-state index contributed by atoms with van der Waals surface area (Å²) >= 11 is 1.24. The van der Waals surface area contributed by atoms with Crippen LogP contribution in [0.5, 0.6) is 0 Å². The summed E-state index contributed by atoms with van der Waals surface area (Å²) in [5, 5.41) is 0.343. The number of amides is 1. The predicted molar refractivity (Wildman–Crippen MR) is 82.1 cm³/mol. The van der Waals surface area contributed by atoms with Crippen LogP contribution in [0.4, 0.5) is 10.1 Å². The zero-order chi connectivity index (χ0) is 15.1. The molecule has 1 fully saturated rings. The van der Waals surface area contributed by atoms with Gasteiger partial charge in [0, 0.05) is 18.4 Å². The van der Waals surface area contributed by atoms with E-state index >= 15 is 0 Å². The summed E-state index contributed by atoms with van der Waals surface area (Å²) in [6, 6.07) is 4.79. The van der Waals surface area contributed by atoms with Crippen molar-refractivity contribution in [2.75, 3.05) is 19.4 Å². The fourth-order valence-corrected chi connectivity index (χ4v) is 3.95. The van der Waals surface area contributed by atoms with E-state index in [9.17, 15) is 9.18 Å². The van der Waals surface area contributed by atoms with Crippen LogP contribution in [0.15, 0.2) is 18.2 Å². The molecule has 1 saturated heterocycles. The van der Waals surface area contributed by atoms with Crippen molar-refractivity contribution in [2.45, 2.75) is 25.5 Å². The molecule has 2 aromatic rings. The second-order valence-corrected chi connectivity index (χ2v) is 6.36. The Balaban J connectivity index is 1.98. The second kappa shape index (κ2) is 5.27. The molecular formula is C15H17FN2O2S. The van der Waals surface area contributed by atoms with Crippen LogP contribution in [0.1, 0.15) is 23.0 Å². The molecule has 1 aromatic heterocycles. The van der Waals surface area contributed by atoms with Crippen molar-refractivity contribution < 1.29 is 13.9 Å². The highest BCUT2D eigenvalue weighted by atomic mass is 32.1. The zero-order valence-corrected chi connectivity index (χ0v) is 12.7. The monoisotopic (exact) mass is 308 g/mol. The molecular weight excluding hydrogens is 291 g/mol. The number of thiophene rings is 1. The number of hydrogen-bond acceptors (Lipinski definition) is 4. The van der Waals surface area contributed by atoms with E-state index in [0.717, 1.165) is 6.42 Å². The highest BCUT2D eigenvalue weighted by Gasteiger charge is 2.32. The molecule has 1 aliphatic heterocycles. The highest BCUT2D eigenvalue weighted by Crippen LogP contribution is 2.36. The molecule has 112 valence electrons. The maximum atomic E-state index is 13.9. The van der Waals surface area contributed by atoms with Crippen LogP contribution >= 0.6 is 11.3 Å². The summed E-state index contributed by atoms with van der Waals surface area (Å²) in [6.45, 7) is 2.61. The van der Waals surface area contributed by atoms with Crippen molar-refractivity contribution in [3.8, 4) is 0 Å². The smallest absolute Gasteiger partial charge is 0.266 e. The molecule has 0 saturated carbocycles. The van der Waals surface area contributed by atoms with Gasteiger partial charge < -0.3 is 15.4 Å². The number of ether oxygens (including phenoxy) is 1. The molecule has 4 nitrogen and oxygen atoms in total. The summed E-state index contributed by atoms with van der Waals surface area (Å²) in [5.41, 5.74) is 6.24. The fourth-order valence-electron chi connectivity index (χ4n) is 2.83. The number of anilines is 1. The van der Waals surface area contributed by atoms with E-state index in [0.29, 0.717) is 21.6 Å². The Labute approximate surface area is 126 Å². The number of nitrogens with two attached hydrogens (primary N) is 1. The van der Waals surface area contributed by atoms with Crippen LogP contribution in [0.25, 0.3) is 10.1 Å². The first-order valence-corrected chi connectivity index (χ1v) is 7.67. The van der Waals surface area contributed by atoms with Crippen LogP contribution in [0, 0.1) is 5.82 Å². The lowest BCUT2D eigenvalue weighted by molar-refractivity contribution is 0.0579. The van der Waals surface area contributed by atoms with E-state index in [1.54, 1.807) is 24.1 Å². The van der Waals surface area contributed by atoms with E-state index < -0.39 is 0 Å². The topological polar surface area (TPSA) is 55.6 Å². The van der Waals surface area contributed by atoms with Gasteiger partial charge in [-0.1, -0.05) is 6.07 Å². The molecule has 2 heterocycles. The van der Waals surface area contributed by atoms with Crippen LogP contribution in [0.3, 0.4) is 0 Å². The summed E-state index contributed by atoms with van der Waals surface area (Å²) < 4.78 is 20.1. The van der Waals surface area contributed by atoms with Gasteiger partial charge in [0.05, 0.1) is 23.2 Å². The number of halogens is 1. The largest absolute Gasteiger partial charge is 0.397 e. The molecule has 0 spiro atoms. The average Bonchev–Trinajstić information content (AvgIpc) is 3.02. The molecule has 6 heteroatoms. The molecule has 1 amide bonds. The number of nitrogen functional groups attached to an aromatic ring is 1. The Morgan fingerprint density at radius 1 is 1.52 bits per heavy atom. The van der Waals surface area contributed by atoms with E-state index in [1.807, 2.05) is 6.92 Å². The van der Waals surface area contributed by atoms with Gasteiger partial charge in [0.25, 0.3) is 5.91 Å². The average molecular weight is 308 g/mol. The highest BCUT2D eigenvalue weighted by molar-refractivity contribution is 7.21. The molecule has 0 aliphatic carbocycles. The Hall–Kier alpha value is -1.66. The standard InChI is InChI=1S/C15H17FN2O2S/c1-8-10(6-7-20-8)18(2)15(19)14-13(17)12-9(16)4-3-5-11(12)21-14/h3-5,8,10H,6-7,17H2,1-2H3. The van der Waals surface area contributed by atoms with Crippen molar-refractivity contribution in [3.05, 3.63) is 28.9 Å². The Kier molecular flexibility index (Phi) is 3.59. The van der Waals surface area contributed by atoms with Crippen LogP contribution in [-0.4, -0.2) is 36.6 Å². The van der Waals surface area contributed by atoms with E-state index in [2.05, 4.69) is 0 Å². The third-order valence-electron chi connectivity index (χ3n) is 4.05. The number of hydrogen-bond donors (Lipinski definition) is 1. The van der Waals surface area contributed by atoms with Crippen LogP contribution in [0.2, 0.25) is 0 Å². The maximum Gasteiger partial charge on any atom is 0.266 e. The fraction of sp³-hybridized carbons (Fsp3) is 0.400. The van der Waals surface area contributed by atoms with Gasteiger partial charge in [-0.2, -0.15) is 0 Å². The number of carbonyl (C=O) groups is 1. The Bertz CT molecular complexity index is 700. The van der Waals surface area contributed by atoms with Gasteiger partial charge in [-0.3, -0.25) is 4.79 Å². The molecule has 2 N–H and O–H groups in total. The number of rotatable bonds is 2. The van der Waals surface area contributed by atoms with E-state index in [1.165, 1.54) is 17.4 Å². The SMILES string of the molecule is CC1OCCC1N(C)C(=O)c1sc2cccc(F)c2c1N. The molecule has 2 unspecified atom stereocenters. The van der Waals surface area contributed by atoms with Crippen LogP contribution in [-0.2, 0) is 4.74 Å². The summed E-state index contributed by atoms with van der Waals surface area (Å²) in [5.74, 6) is -0.559. The van der Waals surface area contributed by atoms with Gasteiger partial charge in [-0.25, -0.2) is 4.39 Å². The lowest BCUT2D eigenvalue weighted by Crippen LogP contribution is -2.40. The summed E-state index contributed by atoms with van der Waals surface area (Å²) in [4.78, 5) is 14.7. The molecule has 1 aromatic carbocycles. The van der Waals surface area contributed by atoms with Crippen molar-refractivity contribution in [1.29, 1.82) is 0 Å². The van der Waals surface area contributed by atoms with Gasteiger partial charge in [-0.05, 0) is 25.5 Å². The Morgan fingerprint density at radius 2 is 2.29 bits per heavy atom. The molecule has 3 rings (SSSR count). The van der Waals surface area contributed by atoms with Crippen molar-refractivity contribution in [1.82, 2.24) is 4.90 Å². The van der Waals surface area contributed by atoms with E-state index in [4.69, 9.17) is 10.5 Å². The quantitative estimate of drug-likeness (QED) is 0.928. The summed E-state index contributed by atoms with van der Waals surface area (Å²) in [7, 11) is 1.75. The number of fused-ring (bicyclic) bond motifs is 1. The second-order valence-electron chi connectivity index (χ2n) is 5.31. The van der Waals surface area contributed by atoms with Crippen LogP contribution < -0.4 is 5.73 Å². The lowest BCUT2D eigenvalue weighted by Gasteiger charge is -2.26. The zero-order valence-electron chi connectivity index (χ0n) is 11.9. The minimum Gasteiger partial charge on any atom is -0.397 e. The minimum absolute atomic E-state index is 0.00582. The van der Waals surface area contributed by atoms with Gasteiger partial charge in [-0.15, -0.1) is 11.3 Å². The first-order chi connectivity index (χ1) is 10.0. The number of nitrogens with zero attached hydrogens (tertiary/aromatic N) is 1. The molecule has 1 aliphatic rings. The third-order valence-corrected chi connectivity index (χ3v) is 5.21. The van der Waals surface area contributed by atoms with Crippen molar-refractivity contribution in [3.63, 3.8) is 0 Å². The third kappa shape index (κ3) is 2.28. The number of benzene rings is 1. The first kappa shape index (κ1) is 14.3. The maximum absolute atomic E-state index is 13.9. The van der Waals surface area contributed by atoms with Gasteiger partial charge >= 0.3 is 0 Å². The van der Waals surface area contributed by atoms with Crippen molar-refractivity contribution in [2.24, 2.45) is 0 Å². The molecule has 0 radical (unpaired) electrons. The molecule has 2 atom stereocenters. The minimum atomic E-state index is -0.388. The summed E-state index contributed by atoms with van der Waals surface area (Å²) in [6.07, 6.45) is 0.814. The number of likely N-dealkylation sites (N-methyl/N-ethyl adjacent to an activating group) is 1. The normalized spacial score (nSPS) is 21.9. The van der Waals surface area contributed by atoms with E-state index in [-0.39, 0.29) is 29.6 Å². The number of carbonyl (C=O) groups excluding carboxylic acids is 1. The first-order valence-electron chi connectivity index (χ1n) is 6.86. The molecule has 21 heavy (non-hydrogen) atoms.